The number of nitrogens with zero attached hydrogens (tertiary/aromatic N) is 2. The van der Waals surface area contributed by atoms with Crippen LogP contribution in [0.15, 0.2) is 59.6 Å². The van der Waals surface area contributed by atoms with Gasteiger partial charge >= 0.3 is 0 Å². The Balaban J connectivity index is 2.61. The minimum absolute atomic E-state index is 0.0648. The van der Waals surface area contributed by atoms with Crippen molar-refractivity contribution < 1.29 is 10.2 Å². The molecule has 0 aliphatic carbocycles. The molecule has 0 saturated heterocycles. The predicted octanol–water partition coefficient (Wildman–Crippen LogP) is 4.25. The van der Waals surface area contributed by atoms with Crippen LogP contribution in [0.3, 0.4) is 0 Å². The Morgan fingerprint density at radius 2 is 1.78 bits per heavy atom. The molecule has 27 heavy (non-hydrogen) atoms. The maximum absolute atomic E-state index is 9.13. The molecular formula is C23H34N2O2. The van der Waals surface area contributed by atoms with Gasteiger partial charge in [-0.3, -0.25) is 4.99 Å². The maximum atomic E-state index is 9.13. The lowest BCUT2D eigenvalue weighted by Gasteiger charge is -2.22. The quantitative estimate of drug-likeness (QED) is 0.292. The molecule has 1 aromatic carbocycles. The van der Waals surface area contributed by atoms with Crippen molar-refractivity contribution in [2.45, 2.75) is 32.6 Å². The van der Waals surface area contributed by atoms with Gasteiger partial charge in [0.1, 0.15) is 0 Å². The summed E-state index contributed by atoms with van der Waals surface area (Å²) < 4.78 is 0. The minimum Gasteiger partial charge on any atom is -0.395 e. The van der Waals surface area contributed by atoms with E-state index in [0.717, 1.165) is 29.8 Å². The summed E-state index contributed by atoms with van der Waals surface area (Å²) >= 11 is 0. The summed E-state index contributed by atoms with van der Waals surface area (Å²) in [6.45, 7) is 8.10. The van der Waals surface area contributed by atoms with Crippen LogP contribution in [0.1, 0.15) is 38.2 Å². The van der Waals surface area contributed by atoms with E-state index in [2.05, 4.69) is 18.5 Å². The Labute approximate surface area is 164 Å². The largest absolute Gasteiger partial charge is 0.395 e. The number of benzene rings is 1. The zero-order valence-electron chi connectivity index (χ0n) is 16.6. The summed E-state index contributed by atoms with van der Waals surface area (Å²) in [4.78, 5) is 6.38. The minimum atomic E-state index is 0.0648. The summed E-state index contributed by atoms with van der Waals surface area (Å²) in [5.41, 5.74) is 3.08. The van der Waals surface area contributed by atoms with Crippen molar-refractivity contribution in [3.8, 4) is 0 Å². The van der Waals surface area contributed by atoms with E-state index >= 15 is 0 Å². The van der Waals surface area contributed by atoms with Crippen LogP contribution in [0.4, 0.5) is 5.69 Å². The Bertz CT molecular complexity index is 597. The van der Waals surface area contributed by atoms with E-state index < -0.39 is 0 Å². The highest BCUT2D eigenvalue weighted by Crippen LogP contribution is 2.16. The van der Waals surface area contributed by atoms with Crippen LogP contribution in [-0.2, 0) is 0 Å². The van der Waals surface area contributed by atoms with Crippen molar-refractivity contribution in [2.24, 2.45) is 4.99 Å². The van der Waals surface area contributed by atoms with Crippen LogP contribution in [0.5, 0.6) is 0 Å². The predicted molar refractivity (Wildman–Crippen MR) is 118 cm³/mol. The first-order chi connectivity index (χ1) is 13.2. The molecule has 0 heterocycles. The van der Waals surface area contributed by atoms with Crippen molar-refractivity contribution in [1.29, 1.82) is 0 Å². The lowest BCUT2D eigenvalue weighted by molar-refractivity contribution is 0.281. The van der Waals surface area contributed by atoms with E-state index in [-0.39, 0.29) is 13.2 Å². The van der Waals surface area contributed by atoms with Crippen molar-refractivity contribution in [1.82, 2.24) is 0 Å². The standard InChI is InChI=1S/C23H34N2O2/c1-3-5-6-7-15-24-16-14-21(4-2)8-9-22-10-12-23(13-11-22)25(17-19-26)18-20-27/h4,8-14,16,26-27H,2-3,5-7,15,17-20H2,1H3/b9-8+,21-14+,24-16+. The number of hydrogen-bond acceptors (Lipinski definition) is 4. The molecule has 1 aromatic rings. The van der Waals surface area contributed by atoms with E-state index in [0.29, 0.717) is 13.1 Å². The highest BCUT2D eigenvalue weighted by molar-refractivity contribution is 5.75. The molecule has 0 amide bonds. The molecule has 0 unspecified atom stereocenters. The van der Waals surface area contributed by atoms with Gasteiger partial charge in [0, 0.05) is 31.5 Å². The van der Waals surface area contributed by atoms with Crippen LogP contribution in [0, 0.1) is 0 Å². The van der Waals surface area contributed by atoms with E-state index in [4.69, 9.17) is 10.2 Å². The van der Waals surface area contributed by atoms with Crippen molar-refractivity contribution in [2.75, 3.05) is 37.7 Å². The number of unbranched alkanes of at least 4 members (excludes halogenated alkanes) is 3. The number of anilines is 1. The van der Waals surface area contributed by atoms with Crippen molar-refractivity contribution in [3.63, 3.8) is 0 Å². The number of hydrogen-bond donors (Lipinski definition) is 2. The SMILES string of the molecule is C=CC(/C=C/c1ccc(N(CCO)CCO)cc1)=C\C=N\CCCCCC. The Kier molecular flexibility index (Phi) is 12.7. The van der Waals surface area contributed by atoms with E-state index in [1.165, 1.54) is 19.3 Å². The molecule has 0 radical (unpaired) electrons. The van der Waals surface area contributed by atoms with Crippen molar-refractivity contribution >= 4 is 18.0 Å². The molecule has 0 saturated carbocycles. The van der Waals surface area contributed by atoms with Gasteiger partial charge in [0.25, 0.3) is 0 Å². The normalized spacial score (nSPS) is 12.2. The van der Waals surface area contributed by atoms with Gasteiger partial charge in [-0.25, -0.2) is 0 Å². The molecule has 2 N–H and O–H groups in total. The van der Waals surface area contributed by atoms with Gasteiger partial charge < -0.3 is 15.1 Å². The average Bonchev–Trinajstić information content (AvgIpc) is 2.70. The molecule has 0 spiro atoms. The molecule has 148 valence electrons. The summed E-state index contributed by atoms with van der Waals surface area (Å²) in [6, 6.07) is 8.05. The Hall–Kier alpha value is -2.17. The molecule has 0 aliphatic heterocycles. The van der Waals surface area contributed by atoms with Crippen LogP contribution in [0.2, 0.25) is 0 Å². The zero-order chi connectivity index (χ0) is 19.7. The van der Waals surface area contributed by atoms with Gasteiger partial charge in [-0.05, 0) is 35.8 Å². The fourth-order valence-electron chi connectivity index (χ4n) is 2.63. The van der Waals surface area contributed by atoms with Gasteiger partial charge in [0.15, 0.2) is 0 Å². The van der Waals surface area contributed by atoms with Gasteiger partial charge in [-0.1, -0.05) is 63.1 Å². The lowest BCUT2D eigenvalue weighted by Crippen LogP contribution is -2.29. The fourth-order valence-corrected chi connectivity index (χ4v) is 2.63. The first-order valence-corrected chi connectivity index (χ1v) is 9.82. The zero-order valence-corrected chi connectivity index (χ0v) is 16.6. The highest BCUT2D eigenvalue weighted by atomic mass is 16.3. The third kappa shape index (κ3) is 9.92. The topological polar surface area (TPSA) is 56.1 Å². The second kappa shape index (κ2) is 14.9. The van der Waals surface area contributed by atoms with E-state index in [1.807, 2.05) is 59.7 Å². The first-order valence-electron chi connectivity index (χ1n) is 9.82. The van der Waals surface area contributed by atoms with Crippen LogP contribution < -0.4 is 4.90 Å². The Morgan fingerprint density at radius 1 is 1.07 bits per heavy atom. The summed E-state index contributed by atoms with van der Waals surface area (Å²) in [7, 11) is 0. The second-order valence-electron chi connectivity index (χ2n) is 6.35. The van der Waals surface area contributed by atoms with Crippen LogP contribution in [0.25, 0.3) is 6.08 Å². The number of aliphatic imine (C=N–C) groups is 1. The number of rotatable bonds is 14. The third-order valence-corrected chi connectivity index (χ3v) is 4.22. The van der Waals surface area contributed by atoms with Gasteiger partial charge in [0.2, 0.25) is 0 Å². The van der Waals surface area contributed by atoms with Gasteiger partial charge in [-0.15, -0.1) is 0 Å². The molecule has 1 rings (SSSR count). The smallest absolute Gasteiger partial charge is 0.0606 e. The maximum Gasteiger partial charge on any atom is 0.0606 e. The monoisotopic (exact) mass is 370 g/mol. The van der Waals surface area contributed by atoms with Gasteiger partial charge in [-0.2, -0.15) is 0 Å². The summed E-state index contributed by atoms with van der Waals surface area (Å²) in [6.07, 6.45) is 14.6. The van der Waals surface area contributed by atoms with Crippen LogP contribution in [-0.4, -0.2) is 49.3 Å². The third-order valence-electron chi connectivity index (χ3n) is 4.22. The molecule has 4 nitrogen and oxygen atoms in total. The molecule has 0 atom stereocenters. The fraction of sp³-hybridized carbons (Fsp3) is 0.435. The summed E-state index contributed by atoms with van der Waals surface area (Å²) in [5.74, 6) is 0. The molecule has 0 aliphatic rings. The molecule has 0 bridgehead atoms. The Morgan fingerprint density at radius 3 is 2.37 bits per heavy atom. The molecule has 0 aromatic heterocycles. The van der Waals surface area contributed by atoms with E-state index in [9.17, 15) is 0 Å². The van der Waals surface area contributed by atoms with Crippen LogP contribution >= 0.6 is 0 Å². The number of allylic oxidation sites excluding steroid dienone is 4. The molecule has 4 heteroatoms. The first kappa shape index (κ1) is 22.9. The molecule has 0 fully saturated rings. The number of aliphatic hydroxyl groups excluding tert-OH is 2. The van der Waals surface area contributed by atoms with Gasteiger partial charge in [0.05, 0.1) is 13.2 Å². The molecular weight excluding hydrogens is 336 g/mol. The summed E-state index contributed by atoms with van der Waals surface area (Å²) in [5, 5.41) is 18.3. The highest BCUT2D eigenvalue weighted by Gasteiger charge is 2.04. The lowest BCUT2D eigenvalue weighted by atomic mass is 10.1. The average molecular weight is 371 g/mol. The van der Waals surface area contributed by atoms with E-state index in [1.54, 1.807) is 0 Å². The second-order valence-corrected chi connectivity index (χ2v) is 6.35. The van der Waals surface area contributed by atoms with Crippen molar-refractivity contribution in [3.05, 3.63) is 60.2 Å². The number of aliphatic hydroxyl groups is 2.